The van der Waals surface area contributed by atoms with Crippen LogP contribution in [0.1, 0.15) is 1.43 Å². The van der Waals surface area contributed by atoms with Crippen LogP contribution in [0.5, 0.6) is 0 Å². The summed E-state index contributed by atoms with van der Waals surface area (Å²) in [6.07, 6.45) is 0. The van der Waals surface area contributed by atoms with E-state index >= 15 is 0 Å². The van der Waals surface area contributed by atoms with Gasteiger partial charge in [0.25, 0.3) is 0 Å². The first-order valence-electron chi connectivity index (χ1n) is 1.14. The van der Waals surface area contributed by atoms with Crippen molar-refractivity contribution in [3.05, 3.63) is 0 Å². The van der Waals surface area contributed by atoms with Crippen molar-refractivity contribution in [2.75, 3.05) is 0 Å². The van der Waals surface area contributed by atoms with E-state index in [0.717, 1.165) is 0 Å². The first kappa shape index (κ1) is 13.0. The quantitative estimate of drug-likeness (QED) is 0.255. The van der Waals surface area contributed by atoms with Gasteiger partial charge in [-0.3, -0.25) is 0 Å². The summed E-state index contributed by atoms with van der Waals surface area (Å²) >= 11 is 0. The Bertz CT molecular complexity index is 234. The zero-order chi connectivity index (χ0) is 7.00. The summed E-state index contributed by atoms with van der Waals surface area (Å²) in [6, 6.07) is 0. The summed E-state index contributed by atoms with van der Waals surface area (Å²) in [5.74, 6) is 0. The van der Waals surface area contributed by atoms with Gasteiger partial charge in [-0.15, -0.1) is 0 Å². The number of hydrogen-bond acceptors (Lipinski definition) is 4. The molecule has 0 saturated carbocycles. The second-order valence-corrected chi connectivity index (χ2v) is 4.75. The van der Waals surface area contributed by atoms with Crippen LogP contribution < -0.4 is 51.4 Å². The van der Waals surface area contributed by atoms with E-state index in [1.165, 1.54) is 0 Å². The van der Waals surface area contributed by atoms with Crippen molar-refractivity contribution in [2.45, 2.75) is 0 Å². The summed E-state index contributed by atoms with van der Waals surface area (Å²) in [5.41, 5.74) is 0. The zero-order valence-corrected chi connectivity index (χ0v) is 8.96. The van der Waals surface area contributed by atoms with Crippen molar-refractivity contribution >= 4 is 18.5 Å². The molecular formula is HF2KO4S2. The molecule has 0 aliphatic carbocycles. The molecule has 0 aromatic heterocycles. The Morgan fingerprint density at radius 1 is 0.889 bits per heavy atom. The van der Waals surface area contributed by atoms with Crippen molar-refractivity contribution in [1.29, 1.82) is 0 Å². The first-order chi connectivity index (χ1) is 3.25. The van der Waals surface area contributed by atoms with Gasteiger partial charge in [0.15, 0.2) is 0 Å². The Hall–Kier alpha value is 1.40. The molecule has 0 unspecified atom stereocenters. The molecule has 4 nitrogen and oxygen atoms in total. The van der Waals surface area contributed by atoms with Gasteiger partial charge in [0.05, 0.1) is 0 Å². The molecule has 52 valence electrons. The molecule has 0 bridgehead atoms. The molecule has 0 fully saturated rings. The molecule has 0 rings (SSSR count). The molecule has 0 saturated heterocycles. The van der Waals surface area contributed by atoms with Crippen LogP contribution >= 0.6 is 0 Å². The van der Waals surface area contributed by atoms with Crippen LogP contribution in [0, 0.1) is 0 Å². The van der Waals surface area contributed by atoms with E-state index < -0.39 is 18.5 Å². The van der Waals surface area contributed by atoms with E-state index in [1.807, 2.05) is 0 Å². The van der Waals surface area contributed by atoms with Gasteiger partial charge in [0, 0.05) is 0 Å². The molecule has 9 heavy (non-hydrogen) atoms. The second kappa shape index (κ2) is 3.69. The Morgan fingerprint density at radius 2 is 1.00 bits per heavy atom. The maximum atomic E-state index is 10.9. The monoisotopic (exact) mass is 206 g/mol. The number of rotatable bonds is 1. The Morgan fingerprint density at radius 3 is 1.00 bits per heavy atom. The average Bonchev–Trinajstić information content (AvgIpc) is 1.25. The summed E-state index contributed by atoms with van der Waals surface area (Å²) in [6.45, 7) is 0. The van der Waals surface area contributed by atoms with Gasteiger partial charge in [0.2, 0.25) is 0 Å². The summed E-state index contributed by atoms with van der Waals surface area (Å²) < 4.78 is 57.9. The van der Waals surface area contributed by atoms with E-state index in [2.05, 4.69) is 0 Å². The summed E-state index contributed by atoms with van der Waals surface area (Å²) in [7, 11) is -12.1. The van der Waals surface area contributed by atoms with Crippen LogP contribution in [0.2, 0.25) is 0 Å². The molecule has 0 spiro atoms. The average molecular weight is 206 g/mol. The summed E-state index contributed by atoms with van der Waals surface area (Å²) in [5, 5.41) is 0. The van der Waals surface area contributed by atoms with Crippen molar-refractivity contribution in [1.82, 2.24) is 0 Å². The molecule has 0 amide bonds. The van der Waals surface area contributed by atoms with Crippen LogP contribution in [0.3, 0.4) is 0 Å². The van der Waals surface area contributed by atoms with Gasteiger partial charge in [-0.1, -0.05) is 7.77 Å². The molecule has 0 aromatic carbocycles. The zero-order valence-electron chi connectivity index (χ0n) is 5.21. The fourth-order valence-corrected chi connectivity index (χ4v) is 0. The predicted molar refractivity (Wildman–Crippen MR) is 21.2 cm³/mol. The second-order valence-electron chi connectivity index (χ2n) is 0.786. The summed E-state index contributed by atoms with van der Waals surface area (Å²) in [4.78, 5) is 0. The minimum atomic E-state index is -6.03. The van der Waals surface area contributed by atoms with Gasteiger partial charge in [-0.25, -0.2) is 0 Å². The number of hydrogen-bond donors (Lipinski definition) is 0. The van der Waals surface area contributed by atoms with Crippen LogP contribution in [0.25, 0.3) is 0 Å². The molecule has 0 atom stereocenters. The van der Waals surface area contributed by atoms with Crippen LogP contribution in [0.15, 0.2) is 0 Å². The maximum Gasteiger partial charge on any atom is 1.00 e. The Kier molecular flexibility index (Phi) is 5.34. The van der Waals surface area contributed by atoms with Crippen LogP contribution in [-0.4, -0.2) is 16.8 Å². The van der Waals surface area contributed by atoms with Crippen LogP contribution in [-0.2, 0) is 18.5 Å². The fraction of sp³-hybridized carbons (Fsp3) is 0. The largest absolute Gasteiger partial charge is 1.00 e. The molecule has 0 heterocycles. The number of halogens is 2. The topological polar surface area (TPSA) is 68.3 Å². The Labute approximate surface area is 94.4 Å². The van der Waals surface area contributed by atoms with E-state index in [-0.39, 0.29) is 52.8 Å². The maximum absolute atomic E-state index is 10.9. The van der Waals surface area contributed by atoms with Gasteiger partial charge >= 0.3 is 69.9 Å². The van der Waals surface area contributed by atoms with Crippen molar-refractivity contribution < 1.29 is 77.4 Å². The van der Waals surface area contributed by atoms with E-state index in [9.17, 15) is 7.77 Å². The van der Waals surface area contributed by atoms with Crippen molar-refractivity contribution in [2.24, 2.45) is 0 Å². The van der Waals surface area contributed by atoms with E-state index in [0.29, 0.717) is 0 Å². The van der Waals surface area contributed by atoms with Gasteiger partial charge in [-0.2, -0.15) is 16.8 Å². The molecule has 0 aliphatic heterocycles. The molecule has 9 heteroatoms. The van der Waals surface area contributed by atoms with Gasteiger partial charge in [-0.05, 0) is 0 Å². The normalized spacial score (nSPS) is 12.2. The Balaban J connectivity index is -0.000000245. The van der Waals surface area contributed by atoms with Crippen LogP contribution in [0.4, 0.5) is 7.77 Å². The van der Waals surface area contributed by atoms with Gasteiger partial charge < -0.3 is 1.43 Å². The standard InChI is InChI=1S/F2O4S2.K.H/c1-7(3,4)8(2,5)6;;/q;+1;-1. The smallest absolute Gasteiger partial charge is 1.00 e. The third-order valence-corrected chi connectivity index (χ3v) is 2.14. The van der Waals surface area contributed by atoms with Crippen molar-refractivity contribution in [3.8, 4) is 0 Å². The minimum Gasteiger partial charge on any atom is -1.00 e. The molecular weight excluding hydrogens is 205 g/mol. The third-order valence-electron chi connectivity index (χ3n) is 0.238. The minimum absolute atomic E-state index is 0. The molecule has 0 radical (unpaired) electrons. The predicted octanol–water partition coefficient (Wildman–Crippen LogP) is -3.38. The molecule has 0 aliphatic rings. The van der Waals surface area contributed by atoms with E-state index in [4.69, 9.17) is 16.8 Å². The third kappa shape index (κ3) is 4.76. The van der Waals surface area contributed by atoms with E-state index in [1.54, 1.807) is 0 Å². The first-order valence-corrected chi connectivity index (χ1v) is 4.43. The molecule has 0 N–H and O–H groups in total. The fourth-order valence-electron chi connectivity index (χ4n) is 0. The molecule has 0 aromatic rings. The SMILES string of the molecule is O=S(=O)(F)S(=O)(=O)F.[H-].[K+]. The van der Waals surface area contributed by atoms with Crippen molar-refractivity contribution in [3.63, 3.8) is 0 Å². The van der Waals surface area contributed by atoms with Gasteiger partial charge in [0.1, 0.15) is 0 Å².